The lowest BCUT2D eigenvalue weighted by Crippen LogP contribution is -2.31. The second-order valence-corrected chi connectivity index (χ2v) is 4.64. The second kappa shape index (κ2) is 7.47. The number of hydrogen-bond donors (Lipinski definition) is 1. The number of aromatic nitrogens is 1. The Kier molecular flexibility index (Phi) is 6.26. The number of alkyl halides is 3. The molecular weight excluding hydrogens is 269 g/mol. The zero-order chi connectivity index (χ0) is 15.2. The maximum atomic E-state index is 12.5. The SMILES string of the molecule is CCCc1cc(CNCC)cc(OC(C)C(F)(F)F)n1. The molecule has 1 heterocycles. The van der Waals surface area contributed by atoms with E-state index in [0.29, 0.717) is 6.54 Å². The van der Waals surface area contributed by atoms with Crippen molar-refractivity contribution < 1.29 is 17.9 Å². The van der Waals surface area contributed by atoms with Gasteiger partial charge in [0.2, 0.25) is 5.88 Å². The minimum absolute atomic E-state index is 0.0358. The molecule has 0 spiro atoms. The normalized spacial score (nSPS) is 13.3. The van der Waals surface area contributed by atoms with E-state index in [4.69, 9.17) is 4.74 Å². The van der Waals surface area contributed by atoms with Gasteiger partial charge in [0.15, 0.2) is 6.10 Å². The summed E-state index contributed by atoms with van der Waals surface area (Å²) in [4.78, 5) is 4.13. The van der Waals surface area contributed by atoms with Crippen molar-refractivity contribution in [3.63, 3.8) is 0 Å². The highest BCUT2D eigenvalue weighted by molar-refractivity contribution is 5.25. The first-order chi connectivity index (χ1) is 9.36. The van der Waals surface area contributed by atoms with Gasteiger partial charge >= 0.3 is 6.18 Å². The number of halogens is 3. The molecule has 0 bridgehead atoms. The fourth-order valence-electron chi connectivity index (χ4n) is 1.68. The first-order valence-electron chi connectivity index (χ1n) is 6.80. The van der Waals surface area contributed by atoms with Crippen LogP contribution in [0.4, 0.5) is 13.2 Å². The van der Waals surface area contributed by atoms with E-state index >= 15 is 0 Å². The molecule has 1 rings (SSSR count). The number of rotatable bonds is 7. The second-order valence-electron chi connectivity index (χ2n) is 4.64. The molecule has 1 atom stereocenters. The average molecular weight is 290 g/mol. The summed E-state index contributed by atoms with van der Waals surface area (Å²) in [6, 6.07) is 3.46. The van der Waals surface area contributed by atoms with Gasteiger partial charge in [-0.2, -0.15) is 13.2 Å². The first kappa shape index (κ1) is 16.8. The maximum Gasteiger partial charge on any atom is 0.425 e. The molecule has 0 aliphatic heterocycles. The molecule has 1 aromatic rings. The number of aryl methyl sites for hydroxylation is 1. The van der Waals surface area contributed by atoms with Gasteiger partial charge in [-0.3, -0.25) is 0 Å². The van der Waals surface area contributed by atoms with Crippen LogP contribution in [0.15, 0.2) is 12.1 Å². The molecule has 114 valence electrons. The van der Waals surface area contributed by atoms with Gasteiger partial charge in [-0.05, 0) is 31.5 Å². The standard InChI is InChI=1S/C14H21F3N2O/c1-4-6-12-7-11(9-18-5-2)8-13(19-12)20-10(3)14(15,16)17/h7-8,10,18H,4-6,9H2,1-3H3. The Labute approximate surface area is 117 Å². The van der Waals surface area contributed by atoms with Crippen molar-refractivity contribution in [2.75, 3.05) is 6.54 Å². The lowest BCUT2D eigenvalue weighted by Gasteiger charge is -2.18. The van der Waals surface area contributed by atoms with E-state index in [0.717, 1.165) is 37.6 Å². The number of pyridine rings is 1. The van der Waals surface area contributed by atoms with Crippen LogP contribution in [-0.2, 0) is 13.0 Å². The van der Waals surface area contributed by atoms with E-state index in [1.54, 1.807) is 6.07 Å². The van der Waals surface area contributed by atoms with Crippen LogP contribution in [0.1, 0.15) is 38.4 Å². The lowest BCUT2D eigenvalue weighted by atomic mass is 10.1. The molecule has 0 saturated carbocycles. The van der Waals surface area contributed by atoms with Gasteiger partial charge in [-0.1, -0.05) is 20.3 Å². The van der Waals surface area contributed by atoms with Crippen LogP contribution >= 0.6 is 0 Å². The highest BCUT2D eigenvalue weighted by atomic mass is 19.4. The summed E-state index contributed by atoms with van der Waals surface area (Å²) < 4.78 is 42.5. The van der Waals surface area contributed by atoms with Crippen molar-refractivity contribution in [3.05, 3.63) is 23.4 Å². The molecule has 1 N–H and O–H groups in total. The summed E-state index contributed by atoms with van der Waals surface area (Å²) in [5, 5.41) is 3.14. The fourth-order valence-corrected chi connectivity index (χ4v) is 1.68. The molecule has 0 radical (unpaired) electrons. The molecule has 0 saturated heterocycles. The van der Waals surface area contributed by atoms with E-state index in [9.17, 15) is 13.2 Å². The van der Waals surface area contributed by atoms with E-state index < -0.39 is 12.3 Å². The summed E-state index contributed by atoms with van der Waals surface area (Å²) >= 11 is 0. The highest BCUT2D eigenvalue weighted by Gasteiger charge is 2.38. The van der Waals surface area contributed by atoms with Crippen LogP contribution in [0.5, 0.6) is 5.88 Å². The number of nitrogens with one attached hydrogen (secondary N) is 1. The quantitative estimate of drug-likeness (QED) is 0.835. The zero-order valence-electron chi connectivity index (χ0n) is 12.0. The van der Waals surface area contributed by atoms with Crippen LogP contribution in [0, 0.1) is 0 Å². The van der Waals surface area contributed by atoms with E-state index in [1.165, 1.54) is 0 Å². The largest absolute Gasteiger partial charge is 0.465 e. The van der Waals surface area contributed by atoms with Gasteiger partial charge < -0.3 is 10.1 Å². The van der Waals surface area contributed by atoms with Crippen molar-refractivity contribution in [3.8, 4) is 5.88 Å². The number of nitrogens with zero attached hydrogens (tertiary/aromatic N) is 1. The first-order valence-corrected chi connectivity index (χ1v) is 6.80. The van der Waals surface area contributed by atoms with Crippen molar-refractivity contribution >= 4 is 0 Å². The van der Waals surface area contributed by atoms with Crippen LogP contribution < -0.4 is 10.1 Å². The predicted octanol–water partition coefficient (Wildman–Crippen LogP) is 3.47. The van der Waals surface area contributed by atoms with Crippen molar-refractivity contribution in [2.45, 2.75) is 52.4 Å². The van der Waals surface area contributed by atoms with Gasteiger partial charge in [0.1, 0.15) is 0 Å². The minimum Gasteiger partial charge on any atom is -0.465 e. The van der Waals surface area contributed by atoms with Gasteiger partial charge in [-0.25, -0.2) is 4.98 Å². The summed E-state index contributed by atoms with van der Waals surface area (Å²) in [6.07, 6.45) is -4.65. The van der Waals surface area contributed by atoms with Crippen LogP contribution in [0.25, 0.3) is 0 Å². The third kappa shape index (κ3) is 5.36. The molecular formula is C14H21F3N2O. The molecule has 3 nitrogen and oxygen atoms in total. The summed E-state index contributed by atoms with van der Waals surface area (Å²) in [6.45, 7) is 6.33. The molecule has 0 aliphatic carbocycles. The fraction of sp³-hybridized carbons (Fsp3) is 0.643. The van der Waals surface area contributed by atoms with Crippen LogP contribution in [0.3, 0.4) is 0 Å². The van der Waals surface area contributed by atoms with E-state index in [1.807, 2.05) is 19.9 Å². The summed E-state index contributed by atoms with van der Waals surface area (Å²) in [7, 11) is 0. The molecule has 1 aromatic heterocycles. The Bertz CT molecular complexity index is 421. The number of ether oxygens (including phenoxy) is 1. The molecule has 0 aromatic carbocycles. The Morgan fingerprint density at radius 1 is 1.30 bits per heavy atom. The van der Waals surface area contributed by atoms with Gasteiger partial charge in [0, 0.05) is 18.3 Å². The van der Waals surface area contributed by atoms with Crippen molar-refractivity contribution in [1.82, 2.24) is 10.3 Å². The van der Waals surface area contributed by atoms with E-state index in [2.05, 4.69) is 10.3 Å². The molecule has 20 heavy (non-hydrogen) atoms. The molecule has 1 unspecified atom stereocenters. The van der Waals surface area contributed by atoms with Gasteiger partial charge in [0.25, 0.3) is 0 Å². The lowest BCUT2D eigenvalue weighted by molar-refractivity contribution is -0.190. The Balaban J connectivity index is 2.90. The Morgan fingerprint density at radius 2 is 2.00 bits per heavy atom. The van der Waals surface area contributed by atoms with Crippen LogP contribution in [-0.4, -0.2) is 23.8 Å². The molecule has 0 aliphatic rings. The highest BCUT2D eigenvalue weighted by Crippen LogP contribution is 2.25. The summed E-state index contributed by atoms with van der Waals surface area (Å²) in [5.41, 5.74) is 1.64. The third-order valence-electron chi connectivity index (χ3n) is 2.76. The minimum atomic E-state index is -4.38. The van der Waals surface area contributed by atoms with Crippen molar-refractivity contribution in [1.29, 1.82) is 0 Å². The molecule has 0 fully saturated rings. The van der Waals surface area contributed by atoms with E-state index in [-0.39, 0.29) is 5.88 Å². The Morgan fingerprint density at radius 3 is 2.55 bits per heavy atom. The Hall–Kier alpha value is -1.30. The maximum absolute atomic E-state index is 12.5. The van der Waals surface area contributed by atoms with Crippen LogP contribution in [0.2, 0.25) is 0 Å². The summed E-state index contributed by atoms with van der Waals surface area (Å²) in [5.74, 6) is 0.0358. The predicted molar refractivity (Wildman–Crippen MR) is 71.8 cm³/mol. The third-order valence-corrected chi connectivity index (χ3v) is 2.76. The zero-order valence-corrected chi connectivity index (χ0v) is 12.0. The van der Waals surface area contributed by atoms with Gasteiger partial charge in [-0.15, -0.1) is 0 Å². The molecule has 6 heteroatoms. The molecule has 0 amide bonds. The number of hydrogen-bond acceptors (Lipinski definition) is 3. The monoisotopic (exact) mass is 290 g/mol. The average Bonchev–Trinajstić information content (AvgIpc) is 2.35. The smallest absolute Gasteiger partial charge is 0.425 e. The van der Waals surface area contributed by atoms with Gasteiger partial charge in [0.05, 0.1) is 0 Å². The van der Waals surface area contributed by atoms with Crippen molar-refractivity contribution in [2.24, 2.45) is 0 Å². The topological polar surface area (TPSA) is 34.1 Å².